The Morgan fingerprint density at radius 3 is 1.53 bits per heavy atom. The number of rotatable bonds is 4. The maximum absolute atomic E-state index is 11.9. The van der Waals surface area contributed by atoms with Crippen molar-refractivity contribution in [2.45, 2.75) is 25.9 Å². The van der Waals surface area contributed by atoms with E-state index >= 15 is 0 Å². The predicted octanol–water partition coefficient (Wildman–Crippen LogP) is -2.01. The van der Waals surface area contributed by atoms with E-state index in [1.165, 1.54) is 0 Å². The van der Waals surface area contributed by atoms with E-state index in [1.807, 2.05) is 0 Å². The fourth-order valence-corrected chi connectivity index (χ4v) is 1.41. The summed E-state index contributed by atoms with van der Waals surface area (Å²) >= 11 is 0. The summed E-state index contributed by atoms with van der Waals surface area (Å²) in [5, 5.41) is 17.6. The van der Waals surface area contributed by atoms with Gasteiger partial charge in [-0.1, -0.05) is 0 Å². The normalized spacial score (nSPS) is 13.8. The van der Waals surface area contributed by atoms with E-state index in [4.69, 9.17) is 10.2 Å². The van der Waals surface area contributed by atoms with Crippen molar-refractivity contribution in [2.24, 2.45) is 0 Å². The van der Waals surface area contributed by atoms with E-state index in [9.17, 15) is 24.0 Å². The summed E-state index contributed by atoms with van der Waals surface area (Å²) in [5.74, 6) is -2.94. The van der Waals surface area contributed by atoms with Gasteiger partial charge in [-0.05, 0) is 13.8 Å². The number of aromatic amines is 1. The maximum Gasteiger partial charge on any atom is 0.337 e. The van der Waals surface area contributed by atoms with E-state index < -0.39 is 41.1 Å². The number of nitrogens with one attached hydrogen (secondary N) is 1. The molecule has 1 aromatic rings. The van der Waals surface area contributed by atoms with Crippen molar-refractivity contribution in [1.29, 1.82) is 0 Å². The average molecular weight is 273 g/mol. The molecule has 0 radical (unpaired) electrons. The molecule has 10 heteroatoms. The van der Waals surface area contributed by atoms with Crippen molar-refractivity contribution in [3.8, 4) is 0 Å². The van der Waals surface area contributed by atoms with Gasteiger partial charge in [0.2, 0.25) is 0 Å². The topological polar surface area (TPSA) is 151 Å². The van der Waals surface area contributed by atoms with Crippen molar-refractivity contribution in [3.05, 3.63) is 31.5 Å². The lowest BCUT2D eigenvalue weighted by Gasteiger charge is -2.13. The minimum Gasteiger partial charge on any atom is -0.480 e. The monoisotopic (exact) mass is 273 g/mol. The highest BCUT2D eigenvalue weighted by molar-refractivity contribution is 5.72. The largest absolute Gasteiger partial charge is 0.480 e. The van der Waals surface area contributed by atoms with Crippen LogP contribution in [0.2, 0.25) is 0 Å². The predicted molar refractivity (Wildman–Crippen MR) is 60.3 cm³/mol. The van der Waals surface area contributed by atoms with E-state index in [-0.39, 0.29) is 9.13 Å². The zero-order chi connectivity index (χ0) is 14.9. The van der Waals surface area contributed by atoms with Gasteiger partial charge >= 0.3 is 29.0 Å². The molecule has 104 valence electrons. The number of nitrogens with zero attached hydrogens (tertiary/aromatic N) is 2. The van der Waals surface area contributed by atoms with Crippen LogP contribution in [0.25, 0.3) is 0 Å². The molecule has 0 saturated carbocycles. The molecule has 0 aliphatic rings. The number of carboxylic acids is 2. The van der Waals surface area contributed by atoms with Crippen molar-refractivity contribution in [1.82, 2.24) is 14.1 Å². The van der Waals surface area contributed by atoms with Gasteiger partial charge in [0.1, 0.15) is 12.1 Å². The van der Waals surface area contributed by atoms with Gasteiger partial charge in [0.25, 0.3) is 0 Å². The number of hydrogen-bond donors (Lipinski definition) is 3. The lowest BCUT2D eigenvalue weighted by Crippen LogP contribution is -2.53. The van der Waals surface area contributed by atoms with Crippen molar-refractivity contribution >= 4 is 11.9 Å². The van der Waals surface area contributed by atoms with Crippen molar-refractivity contribution in [2.75, 3.05) is 0 Å². The number of carboxylic acid groups (broad SMARTS) is 2. The third kappa shape index (κ3) is 2.46. The number of aliphatic carboxylic acids is 2. The second kappa shape index (κ2) is 4.92. The molecule has 0 aliphatic carbocycles. The van der Waals surface area contributed by atoms with Crippen LogP contribution in [0.4, 0.5) is 0 Å². The Labute approximate surface area is 104 Å². The number of aromatic nitrogens is 3. The molecule has 1 rings (SSSR count). The summed E-state index contributed by atoms with van der Waals surface area (Å²) in [7, 11) is 0. The summed E-state index contributed by atoms with van der Waals surface area (Å²) in [6, 6.07) is -3.08. The molecule has 2 unspecified atom stereocenters. The first-order valence-electron chi connectivity index (χ1n) is 5.11. The van der Waals surface area contributed by atoms with E-state index in [1.54, 1.807) is 4.98 Å². The lowest BCUT2D eigenvalue weighted by molar-refractivity contribution is -0.140. The average Bonchev–Trinajstić information content (AvgIpc) is 2.27. The van der Waals surface area contributed by atoms with Gasteiger partial charge in [0, 0.05) is 0 Å². The van der Waals surface area contributed by atoms with Crippen LogP contribution in [0, 0.1) is 0 Å². The third-order valence-electron chi connectivity index (χ3n) is 2.55. The molecule has 0 spiro atoms. The number of H-pyrrole nitrogens is 1. The van der Waals surface area contributed by atoms with Crippen LogP contribution in [0.5, 0.6) is 0 Å². The summed E-state index contributed by atoms with van der Waals surface area (Å²) in [6.07, 6.45) is 0. The Kier molecular flexibility index (Phi) is 3.73. The van der Waals surface area contributed by atoms with Crippen molar-refractivity contribution in [3.63, 3.8) is 0 Å². The van der Waals surface area contributed by atoms with Gasteiger partial charge in [-0.25, -0.2) is 33.1 Å². The SMILES string of the molecule is CC(C(=O)O)n1c(=O)[nH]c(=O)n(C(C)C(=O)O)c1=O. The number of carbonyl (C=O) groups is 2. The molecule has 3 N–H and O–H groups in total. The molecule has 10 nitrogen and oxygen atoms in total. The van der Waals surface area contributed by atoms with Crippen molar-refractivity contribution < 1.29 is 19.8 Å². The highest BCUT2D eigenvalue weighted by Gasteiger charge is 2.24. The molecule has 1 aromatic heterocycles. The lowest BCUT2D eigenvalue weighted by atomic mass is 10.3. The smallest absolute Gasteiger partial charge is 0.337 e. The third-order valence-corrected chi connectivity index (χ3v) is 2.55. The Bertz CT molecular complexity index is 640. The van der Waals surface area contributed by atoms with Gasteiger partial charge in [-0.15, -0.1) is 0 Å². The maximum atomic E-state index is 11.9. The van der Waals surface area contributed by atoms with Crippen LogP contribution < -0.4 is 17.1 Å². The van der Waals surface area contributed by atoms with E-state index in [2.05, 4.69) is 0 Å². The van der Waals surface area contributed by atoms with Crippen LogP contribution in [0.15, 0.2) is 14.4 Å². The first-order valence-corrected chi connectivity index (χ1v) is 5.11. The molecule has 0 aliphatic heterocycles. The van der Waals surface area contributed by atoms with Crippen LogP contribution in [0.1, 0.15) is 25.9 Å². The standard InChI is InChI=1S/C9H11N3O7/c1-3(5(13)14)11-7(17)10-8(18)12(9(11)19)4(2)6(15)16/h3-4H,1-2H3,(H,13,14)(H,15,16)(H,10,17,18). The Morgan fingerprint density at radius 1 is 0.947 bits per heavy atom. The van der Waals surface area contributed by atoms with Gasteiger partial charge in [-0.3, -0.25) is 4.98 Å². The first-order chi connectivity index (χ1) is 8.68. The summed E-state index contributed by atoms with van der Waals surface area (Å²) in [4.78, 5) is 58.0. The molecular weight excluding hydrogens is 262 g/mol. The summed E-state index contributed by atoms with van der Waals surface area (Å²) < 4.78 is 0.534. The molecule has 0 fully saturated rings. The molecule has 0 saturated heterocycles. The summed E-state index contributed by atoms with van der Waals surface area (Å²) in [6.45, 7) is 2.11. The summed E-state index contributed by atoms with van der Waals surface area (Å²) in [5.41, 5.74) is -3.71. The second-order valence-electron chi connectivity index (χ2n) is 3.79. The minimum absolute atomic E-state index is 0.267. The Morgan fingerprint density at radius 2 is 1.26 bits per heavy atom. The highest BCUT2D eigenvalue weighted by Crippen LogP contribution is 2.00. The van der Waals surface area contributed by atoms with Gasteiger partial charge < -0.3 is 10.2 Å². The van der Waals surface area contributed by atoms with Crippen LogP contribution in [-0.4, -0.2) is 36.3 Å². The molecule has 0 bridgehead atoms. The quantitative estimate of drug-likeness (QED) is 0.573. The van der Waals surface area contributed by atoms with E-state index in [0.29, 0.717) is 0 Å². The molecular formula is C9H11N3O7. The molecule has 0 amide bonds. The Balaban J connectivity index is 3.71. The minimum atomic E-state index is -1.54. The molecule has 1 heterocycles. The second-order valence-corrected chi connectivity index (χ2v) is 3.79. The van der Waals surface area contributed by atoms with Crippen LogP contribution in [0.3, 0.4) is 0 Å². The zero-order valence-corrected chi connectivity index (χ0v) is 9.98. The van der Waals surface area contributed by atoms with Gasteiger partial charge in [-0.2, -0.15) is 0 Å². The highest BCUT2D eigenvalue weighted by atomic mass is 16.4. The van der Waals surface area contributed by atoms with E-state index in [0.717, 1.165) is 13.8 Å². The number of hydrogen-bond acceptors (Lipinski definition) is 5. The molecule has 19 heavy (non-hydrogen) atoms. The van der Waals surface area contributed by atoms with Crippen LogP contribution in [-0.2, 0) is 9.59 Å². The van der Waals surface area contributed by atoms with Gasteiger partial charge in [0.05, 0.1) is 0 Å². The van der Waals surface area contributed by atoms with Crippen LogP contribution >= 0.6 is 0 Å². The molecule has 0 aromatic carbocycles. The fraction of sp³-hybridized carbons (Fsp3) is 0.444. The van der Waals surface area contributed by atoms with Gasteiger partial charge in [0.15, 0.2) is 0 Å². The fourth-order valence-electron chi connectivity index (χ4n) is 1.41. The molecule has 2 atom stereocenters. The zero-order valence-electron chi connectivity index (χ0n) is 9.98. The Hall–Kier alpha value is -2.65. The first kappa shape index (κ1) is 14.4.